The van der Waals surface area contributed by atoms with Gasteiger partial charge in [-0.05, 0) is 29.8 Å². The van der Waals surface area contributed by atoms with Crippen LogP contribution in [0.4, 0.5) is 4.39 Å². The van der Waals surface area contributed by atoms with Crippen LogP contribution in [0, 0.1) is 5.82 Å². The number of aliphatic hydroxyl groups is 1. The highest BCUT2D eigenvalue weighted by Gasteiger charge is 2.23. The third-order valence-electron chi connectivity index (χ3n) is 4.21. The van der Waals surface area contributed by atoms with E-state index in [-0.39, 0.29) is 12.3 Å². The standard InChI is InChI=1S/C19H20FNO4/c1-24-16-6-5-14-12-21(7-8-25-18(14)10-16)19(23)11-17(22)13-3-2-4-15(20)9-13/h2-6,9-10,17,22H,7-8,11-12H2,1H3. The molecule has 0 saturated heterocycles. The zero-order valence-corrected chi connectivity index (χ0v) is 13.9. The number of carbonyl (C=O) groups excluding carboxylic acids is 1. The number of rotatable bonds is 4. The Kier molecular flexibility index (Phi) is 5.19. The molecule has 0 aromatic heterocycles. The van der Waals surface area contributed by atoms with Crippen LogP contribution < -0.4 is 9.47 Å². The van der Waals surface area contributed by atoms with Crippen molar-refractivity contribution in [3.05, 3.63) is 59.4 Å². The summed E-state index contributed by atoms with van der Waals surface area (Å²) in [5, 5.41) is 10.2. The lowest BCUT2D eigenvalue weighted by Gasteiger charge is -2.21. The largest absolute Gasteiger partial charge is 0.497 e. The van der Waals surface area contributed by atoms with Crippen LogP contribution in [0.1, 0.15) is 23.7 Å². The van der Waals surface area contributed by atoms with Gasteiger partial charge in [0.2, 0.25) is 5.91 Å². The van der Waals surface area contributed by atoms with Gasteiger partial charge in [0.1, 0.15) is 23.9 Å². The zero-order valence-electron chi connectivity index (χ0n) is 13.9. The summed E-state index contributed by atoms with van der Waals surface area (Å²) >= 11 is 0. The minimum absolute atomic E-state index is 0.102. The van der Waals surface area contributed by atoms with Crippen LogP contribution in [0.25, 0.3) is 0 Å². The fraction of sp³-hybridized carbons (Fsp3) is 0.316. The predicted molar refractivity (Wildman–Crippen MR) is 89.9 cm³/mol. The minimum Gasteiger partial charge on any atom is -0.497 e. The SMILES string of the molecule is COc1ccc2c(c1)OCCN(C(=O)CC(O)c1cccc(F)c1)C2. The maximum Gasteiger partial charge on any atom is 0.225 e. The van der Waals surface area contributed by atoms with Crippen molar-refractivity contribution >= 4 is 5.91 Å². The van der Waals surface area contributed by atoms with E-state index in [0.29, 0.717) is 36.8 Å². The minimum atomic E-state index is -1.04. The summed E-state index contributed by atoms with van der Waals surface area (Å²) in [6.45, 7) is 1.18. The molecule has 0 saturated carbocycles. The molecule has 5 nitrogen and oxygen atoms in total. The summed E-state index contributed by atoms with van der Waals surface area (Å²) in [6, 6.07) is 11.1. The maximum atomic E-state index is 13.3. The molecule has 0 aliphatic carbocycles. The first-order valence-electron chi connectivity index (χ1n) is 8.08. The molecule has 0 bridgehead atoms. The fourth-order valence-electron chi connectivity index (χ4n) is 2.82. The molecule has 1 aliphatic heterocycles. The molecular weight excluding hydrogens is 325 g/mol. The molecule has 2 aromatic carbocycles. The van der Waals surface area contributed by atoms with E-state index in [1.165, 1.54) is 18.2 Å². The van der Waals surface area contributed by atoms with Gasteiger partial charge in [-0.2, -0.15) is 0 Å². The Bertz CT molecular complexity index is 765. The Morgan fingerprint density at radius 1 is 1.36 bits per heavy atom. The lowest BCUT2D eigenvalue weighted by atomic mass is 10.1. The van der Waals surface area contributed by atoms with Gasteiger partial charge in [-0.3, -0.25) is 4.79 Å². The molecule has 3 rings (SSSR count). The number of hydrogen-bond acceptors (Lipinski definition) is 4. The summed E-state index contributed by atoms with van der Waals surface area (Å²) in [7, 11) is 1.59. The zero-order chi connectivity index (χ0) is 17.8. The average molecular weight is 345 g/mol. The van der Waals surface area contributed by atoms with Crippen LogP contribution in [0.15, 0.2) is 42.5 Å². The van der Waals surface area contributed by atoms with Crippen molar-refractivity contribution in [2.75, 3.05) is 20.3 Å². The van der Waals surface area contributed by atoms with E-state index in [4.69, 9.17) is 9.47 Å². The predicted octanol–water partition coefficient (Wildman–Crippen LogP) is 2.68. The molecule has 2 aromatic rings. The van der Waals surface area contributed by atoms with Crippen molar-refractivity contribution in [1.29, 1.82) is 0 Å². The molecule has 0 radical (unpaired) electrons. The smallest absolute Gasteiger partial charge is 0.225 e. The van der Waals surface area contributed by atoms with Crippen LogP contribution >= 0.6 is 0 Å². The van der Waals surface area contributed by atoms with Crippen LogP contribution in [-0.2, 0) is 11.3 Å². The summed E-state index contributed by atoms with van der Waals surface area (Å²) in [5.41, 5.74) is 1.27. The molecule has 1 amide bonds. The van der Waals surface area contributed by atoms with Gasteiger partial charge in [0.05, 0.1) is 26.2 Å². The first-order valence-corrected chi connectivity index (χ1v) is 8.08. The second kappa shape index (κ2) is 7.53. The van der Waals surface area contributed by atoms with Crippen molar-refractivity contribution in [1.82, 2.24) is 4.90 Å². The Morgan fingerprint density at radius 3 is 2.96 bits per heavy atom. The molecule has 25 heavy (non-hydrogen) atoms. The van der Waals surface area contributed by atoms with Crippen LogP contribution in [0.5, 0.6) is 11.5 Å². The van der Waals surface area contributed by atoms with Crippen LogP contribution in [0.3, 0.4) is 0 Å². The topological polar surface area (TPSA) is 59.0 Å². The first-order chi connectivity index (χ1) is 12.1. The molecule has 1 heterocycles. The number of fused-ring (bicyclic) bond motifs is 1. The monoisotopic (exact) mass is 345 g/mol. The normalized spacial score (nSPS) is 14.9. The van der Waals surface area contributed by atoms with Gasteiger partial charge in [0, 0.05) is 18.2 Å². The van der Waals surface area contributed by atoms with Gasteiger partial charge in [-0.25, -0.2) is 4.39 Å². The number of aliphatic hydroxyl groups excluding tert-OH is 1. The summed E-state index contributed by atoms with van der Waals surface area (Å²) in [6.07, 6.45) is -1.14. The summed E-state index contributed by atoms with van der Waals surface area (Å²) in [5.74, 6) is 0.749. The Balaban J connectivity index is 1.69. The van der Waals surface area contributed by atoms with Crippen molar-refractivity contribution in [2.45, 2.75) is 19.1 Å². The Morgan fingerprint density at radius 2 is 2.20 bits per heavy atom. The van der Waals surface area contributed by atoms with Crippen molar-refractivity contribution in [2.24, 2.45) is 0 Å². The van der Waals surface area contributed by atoms with E-state index in [2.05, 4.69) is 0 Å². The number of carbonyl (C=O) groups is 1. The van der Waals surface area contributed by atoms with E-state index >= 15 is 0 Å². The maximum absolute atomic E-state index is 13.3. The van der Waals surface area contributed by atoms with Gasteiger partial charge < -0.3 is 19.5 Å². The number of methoxy groups -OCH3 is 1. The summed E-state index contributed by atoms with van der Waals surface area (Å²) in [4.78, 5) is 14.2. The number of hydrogen-bond donors (Lipinski definition) is 1. The molecule has 132 valence electrons. The van der Waals surface area contributed by atoms with Gasteiger partial charge >= 0.3 is 0 Å². The van der Waals surface area contributed by atoms with E-state index in [1.54, 1.807) is 24.1 Å². The highest BCUT2D eigenvalue weighted by Crippen LogP contribution is 2.28. The number of benzene rings is 2. The quantitative estimate of drug-likeness (QED) is 0.926. The van der Waals surface area contributed by atoms with E-state index in [9.17, 15) is 14.3 Å². The first kappa shape index (κ1) is 17.2. The second-order valence-corrected chi connectivity index (χ2v) is 5.91. The van der Waals surface area contributed by atoms with Crippen molar-refractivity contribution < 1.29 is 23.8 Å². The van der Waals surface area contributed by atoms with Gasteiger partial charge in [0.15, 0.2) is 0 Å². The van der Waals surface area contributed by atoms with Crippen LogP contribution in [0.2, 0.25) is 0 Å². The highest BCUT2D eigenvalue weighted by molar-refractivity contribution is 5.77. The number of nitrogens with zero attached hydrogens (tertiary/aromatic N) is 1. The molecule has 1 unspecified atom stereocenters. The summed E-state index contributed by atoms with van der Waals surface area (Å²) < 4.78 is 24.1. The van der Waals surface area contributed by atoms with Gasteiger partial charge in [-0.1, -0.05) is 12.1 Å². The highest BCUT2D eigenvalue weighted by atomic mass is 19.1. The molecule has 0 fully saturated rings. The third kappa shape index (κ3) is 4.09. The average Bonchev–Trinajstić information content (AvgIpc) is 2.83. The lowest BCUT2D eigenvalue weighted by Crippen LogP contribution is -2.33. The van der Waals surface area contributed by atoms with Crippen molar-refractivity contribution in [3.8, 4) is 11.5 Å². The molecule has 6 heteroatoms. The fourth-order valence-corrected chi connectivity index (χ4v) is 2.82. The van der Waals surface area contributed by atoms with Crippen molar-refractivity contribution in [3.63, 3.8) is 0 Å². The van der Waals surface area contributed by atoms with E-state index in [0.717, 1.165) is 5.56 Å². The molecular formula is C19H20FNO4. The molecule has 1 aliphatic rings. The molecule has 0 spiro atoms. The van der Waals surface area contributed by atoms with Gasteiger partial charge in [0.25, 0.3) is 0 Å². The Labute approximate surface area is 145 Å². The number of halogens is 1. The van der Waals surface area contributed by atoms with E-state index in [1.807, 2.05) is 12.1 Å². The van der Waals surface area contributed by atoms with Crippen LogP contribution in [-0.4, -0.2) is 36.2 Å². The van der Waals surface area contributed by atoms with E-state index < -0.39 is 11.9 Å². The second-order valence-electron chi connectivity index (χ2n) is 5.91. The lowest BCUT2D eigenvalue weighted by molar-refractivity contribution is -0.134. The number of ether oxygens (including phenoxy) is 2. The third-order valence-corrected chi connectivity index (χ3v) is 4.21. The van der Waals surface area contributed by atoms with Gasteiger partial charge in [-0.15, -0.1) is 0 Å². The molecule has 1 atom stereocenters. The molecule has 1 N–H and O–H groups in total. The Hall–Kier alpha value is -2.60. The number of amides is 1.